The third-order valence-electron chi connectivity index (χ3n) is 6.24. The minimum Gasteiger partial charge on any atom is -0.493 e. The quantitative estimate of drug-likeness (QED) is 0.277. The second-order valence-corrected chi connectivity index (χ2v) is 12.2. The summed E-state index contributed by atoms with van der Waals surface area (Å²) in [5.74, 6) is -0.197. The highest BCUT2D eigenvalue weighted by molar-refractivity contribution is 7.92. The van der Waals surface area contributed by atoms with Gasteiger partial charge in [-0.2, -0.15) is 0 Å². The van der Waals surface area contributed by atoms with E-state index in [0.717, 1.165) is 10.4 Å². The van der Waals surface area contributed by atoms with Crippen molar-refractivity contribution in [1.82, 2.24) is 5.48 Å². The van der Waals surface area contributed by atoms with E-state index in [-0.39, 0.29) is 31.1 Å². The summed E-state index contributed by atoms with van der Waals surface area (Å²) in [6, 6.07) is 20.2. The van der Waals surface area contributed by atoms with E-state index in [1.165, 1.54) is 11.3 Å². The number of hydrogen-bond acceptors (Lipinski definition) is 7. The topological polar surface area (TPSA) is 122 Å². The zero-order valence-electron chi connectivity index (χ0n) is 19.6. The van der Waals surface area contributed by atoms with Gasteiger partial charge in [0.25, 0.3) is 0 Å². The van der Waals surface area contributed by atoms with Crippen LogP contribution in [0.2, 0.25) is 0 Å². The van der Waals surface area contributed by atoms with Gasteiger partial charge in [-0.15, -0.1) is 11.3 Å². The highest BCUT2D eigenvalue weighted by atomic mass is 32.2. The highest BCUT2D eigenvalue weighted by Gasteiger charge is 2.49. The van der Waals surface area contributed by atoms with Crippen molar-refractivity contribution in [2.45, 2.75) is 36.9 Å². The lowest BCUT2D eigenvalue weighted by atomic mass is 9.94. The van der Waals surface area contributed by atoms with E-state index < -0.39 is 20.5 Å². The minimum absolute atomic E-state index is 0.00838. The van der Waals surface area contributed by atoms with Crippen molar-refractivity contribution < 1.29 is 28.0 Å². The third kappa shape index (κ3) is 5.77. The first-order chi connectivity index (χ1) is 17.3. The molecule has 8 nitrogen and oxygen atoms in total. The number of anilines is 1. The molecule has 0 radical (unpaired) electrons. The third-order valence-corrected chi connectivity index (χ3v) is 10.3. The smallest absolute Gasteiger partial charge is 0.245 e. The van der Waals surface area contributed by atoms with Gasteiger partial charge < -0.3 is 10.1 Å². The van der Waals surface area contributed by atoms with Gasteiger partial charge in [0.2, 0.25) is 11.8 Å². The standard InChI is InChI=1S/C26H28N2O6S2/c29-24(13-15-34-21-9-2-1-3-10-21)27-20-8-6-7-19(17-20)22-11-12-23(35-22)26(18-25(30)28-31)14-4-5-16-36(26,32)33/h1-3,6-12,17,31H,4-5,13-16,18H2,(H,27,29)(H,28,30)/t26-/m0/s1. The fourth-order valence-electron chi connectivity index (χ4n) is 4.40. The molecule has 0 aliphatic carbocycles. The number of nitrogens with one attached hydrogen (secondary N) is 2. The molecule has 36 heavy (non-hydrogen) atoms. The largest absolute Gasteiger partial charge is 0.493 e. The Hall–Kier alpha value is -3.21. The normalized spacial score (nSPS) is 18.8. The second kappa shape index (κ2) is 11.2. The molecule has 3 aromatic rings. The van der Waals surface area contributed by atoms with Gasteiger partial charge in [-0.1, -0.05) is 36.8 Å². The number of hydrogen-bond donors (Lipinski definition) is 3. The van der Waals surface area contributed by atoms with E-state index in [0.29, 0.717) is 35.6 Å². The average Bonchev–Trinajstić information content (AvgIpc) is 3.37. The first kappa shape index (κ1) is 25.9. The molecule has 1 aliphatic rings. The monoisotopic (exact) mass is 528 g/mol. The second-order valence-electron chi connectivity index (χ2n) is 8.69. The Morgan fingerprint density at radius 2 is 1.81 bits per heavy atom. The summed E-state index contributed by atoms with van der Waals surface area (Å²) in [5, 5.41) is 11.9. The van der Waals surface area contributed by atoms with Crippen LogP contribution in [0.1, 0.15) is 37.0 Å². The summed E-state index contributed by atoms with van der Waals surface area (Å²) in [6.45, 7) is 0.252. The van der Waals surface area contributed by atoms with E-state index in [1.54, 1.807) is 17.6 Å². The van der Waals surface area contributed by atoms with Gasteiger partial charge in [0.1, 0.15) is 10.5 Å². The number of para-hydroxylation sites is 1. The average molecular weight is 529 g/mol. The Bertz CT molecular complexity index is 1320. The summed E-state index contributed by atoms with van der Waals surface area (Å²) >= 11 is 1.31. The SMILES string of the molecule is O=C(C[C@]1(c2ccc(-c3cccc(NC(=O)CCOc4ccccc4)c3)s2)CCCCS1(=O)=O)NO. The van der Waals surface area contributed by atoms with Crippen molar-refractivity contribution in [2.75, 3.05) is 17.7 Å². The zero-order valence-corrected chi connectivity index (χ0v) is 21.2. The molecule has 4 rings (SSSR count). The molecular weight excluding hydrogens is 500 g/mol. The number of carbonyl (C=O) groups excluding carboxylic acids is 2. The van der Waals surface area contributed by atoms with Crippen LogP contribution in [0.15, 0.2) is 66.7 Å². The molecule has 0 spiro atoms. The number of hydroxylamine groups is 1. The molecule has 2 heterocycles. The molecule has 190 valence electrons. The van der Waals surface area contributed by atoms with Crippen LogP contribution in [0.25, 0.3) is 10.4 Å². The maximum atomic E-state index is 13.1. The number of amides is 2. The van der Waals surface area contributed by atoms with E-state index >= 15 is 0 Å². The predicted molar refractivity (Wildman–Crippen MR) is 139 cm³/mol. The fraction of sp³-hybridized carbons (Fsp3) is 0.308. The van der Waals surface area contributed by atoms with Crippen LogP contribution in [0, 0.1) is 0 Å². The number of rotatable bonds is 9. The van der Waals surface area contributed by atoms with Crippen molar-refractivity contribution in [2.24, 2.45) is 0 Å². The van der Waals surface area contributed by atoms with Crippen LogP contribution >= 0.6 is 11.3 Å². The lowest BCUT2D eigenvalue weighted by Crippen LogP contribution is -2.43. The van der Waals surface area contributed by atoms with E-state index in [4.69, 9.17) is 9.94 Å². The molecule has 0 bridgehead atoms. The van der Waals surface area contributed by atoms with Crippen LogP contribution in [0.3, 0.4) is 0 Å². The molecule has 2 aromatic carbocycles. The van der Waals surface area contributed by atoms with Gasteiger partial charge in [-0.25, -0.2) is 13.9 Å². The Morgan fingerprint density at radius 3 is 2.56 bits per heavy atom. The van der Waals surface area contributed by atoms with Crippen LogP contribution in [0.5, 0.6) is 5.75 Å². The molecular formula is C26H28N2O6S2. The lowest BCUT2D eigenvalue weighted by molar-refractivity contribution is -0.130. The molecule has 0 unspecified atom stereocenters. The van der Waals surface area contributed by atoms with Crippen molar-refractivity contribution in [1.29, 1.82) is 0 Å². The van der Waals surface area contributed by atoms with Crippen molar-refractivity contribution >= 4 is 38.7 Å². The van der Waals surface area contributed by atoms with Gasteiger partial charge in [0.05, 0.1) is 25.2 Å². The molecule has 1 aliphatic heterocycles. The van der Waals surface area contributed by atoms with Gasteiger partial charge in [-0.05, 0) is 54.8 Å². The lowest BCUT2D eigenvalue weighted by Gasteiger charge is -2.35. The molecule has 2 amide bonds. The number of carbonyl (C=O) groups is 2. The summed E-state index contributed by atoms with van der Waals surface area (Å²) in [5.41, 5.74) is 3.02. The van der Waals surface area contributed by atoms with Gasteiger partial charge in [0, 0.05) is 15.4 Å². The molecule has 1 saturated heterocycles. The number of benzene rings is 2. The molecule has 1 atom stereocenters. The van der Waals surface area contributed by atoms with Crippen LogP contribution in [-0.4, -0.2) is 37.8 Å². The number of sulfone groups is 1. The van der Waals surface area contributed by atoms with Crippen molar-refractivity contribution in [3.63, 3.8) is 0 Å². The number of thiophene rings is 1. The van der Waals surface area contributed by atoms with E-state index in [1.807, 2.05) is 54.6 Å². The van der Waals surface area contributed by atoms with Crippen molar-refractivity contribution in [3.05, 3.63) is 71.6 Å². The summed E-state index contributed by atoms with van der Waals surface area (Å²) < 4.78 is 30.5. The van der Waals surface area contributed by atoms with Crippen LogP contribution in [0.4, 0.5) is 5.69 Å². The minimum atomic E-state index is -3.60. The Morgan fingerprint density at radius 1 is 1.00 bits per heavy atom. The zero-order chi connectivity index (χ0) is 25.6. The Balaban J connectivity index is 1.48. The van der Waals surface area contributed by atoms with Crippen molar-refractivity contribution in [3.8, 4) is 16.2 Å². The summed E-state index contributed by atoms with van der Waals surface area (Å²) in [6.07, 6.45) is 1.42. The maximum absolute atomic E-state index is 13.1. The van der Waals surface area contributed by atoms with Gasteiger partial charge in [-0.3, -0.25) is 14.8 Å². The first-order valence-corrected chi connectivity index (χ1v) is 14.1. The van der Waals surface area contributed by atoms with Crippen LogP contribution < -0.4 is 15.5 Å². The summed E-state index contributed by atoms with van der Waals surface area (Å²) in [7, 11) is -3.60. The Labute approximate surface area is 214 Å². The van der Waals surface area contributed by atoms with Crippen LogP contribution in [-0.2, 0) is 24.2 Å². The molecule has 3 N–H and O–H groups in total. The van der Waals surface area contributed by atoms with Gasteiger partial charge >= 0.3 is 0 Å². The van der Waals surface area contributed by atoms with E-state index in [2.05, 4.69) is 5.32 Å². The molecule has 0 saturated carbocycles. The fourth-order valence-corrected chi connectivity index (χ4v) is 8.18. The van der Waals surface area contributed by atoms with E-state index in [9.17, 15) is 18.0 Å². The molecule has 10 heteroatoms. The van der Waals surface area contributed by atoms with Gasteiger partial charge in [0.15, 0.2) is 9.84 Å². The molecule has 1 fully saturated rings. The number of ether oxygens (including phenoxy) is 1. The Kier molecular flexibility index (Phi) is 8.07. The predicted octanol–water partition coefficient (Wildman–Crippen LogP) is 4.51. The molecule has 1 aromatic heterocycles. The first-order valence-electron chi connectivity index (χ1n) is 11.7. The highest BCUT2D eigenvalue weighted by Crippen LogP contribution is 2.47. The summed E-state index contributed by atoms with van der Waals surface area (Å²) in [4.78, 5) is 25.8. The maximum Gasteiger partial charge on any atom is 0.245 e.